The van der Waals surface area contributed by atoms with Crippen molar-refractivity contribution in [2.75, 3.05) is 49.2 Å². The second-order valence-electron chi connectivity index (χ2n) is 6.56. The molecule has 2 aromatic rings. The summed E-state index contributed by atoms with van der Waals surface area (Å²) >= 11 is 0. The van der Waals surface area contributed by atoms with E-state index in [9.17, 15) is 5.11 Å². The van der Waals surface area contributed by atoms with Crippen molar-refractivity contribution in [3.63, 3.8) is 0 Å². The van der Waals surface area contributed by atoms with Gasteiger partial charge in [-0.2, -0.15) is 4.98 Å². The molecule has 2 saturated heterocycles. The number of hydrogen-bond acceptors (Lipinski definition) is 7. The minimum absolute atomic E-state index is 0.213. The lowest BCUT2D eigenvalue weighted by atomic mass is 9.91. The lowest BCUT2D eigenvalue weighted by Crippen LogP contribution is -2.39. The van der Waals surface area contributed by atoms with Gasteiger partial charge >= 0.3 is 0 Å². The van der Waals surface area contributed by atoms with Crippen molar-refractivity contribution in [2.45, 2.75) is 18.9 Å². The second kappa shape index (κ2) is 7.37. The van der Waals surface area contributed by atoms with Crippen molar-refractivity contribution in [3.05, 3.63) is 30.5 Å². The van der Waals surface area contributed by atoms with Crippen LogP contribution in [-0.4, -0.2) is 64.4 Å². The van der Waals surface area contributed by atoms with Crippen LogP contribution < -0.4 is 9.80 Å². The number of nitrogens with zero attached hydrogens (tertiary/aromatic N) is 5. The van der Waals surface area contributed by atoms with Gasteiger partial charge in [0.05, 0.1) is 13.2 Å². The molecule has 134 valence electrons. The van der Waals surface area contributed by atoms with E-state index in [4.69, 9.17) is 9.72 Å². The summed E-state index contributed by atoms with van der Waals surface area (Å²) in [4.78, 5) is 20.8. The number of aliphatic hydroxyl groups is 1. The average molecular weight is 344 g/mol. The molecule has 2 N–H and O–H groups in total. The molecular weight excluding hydrogens is 320 g/mol. The van der Waals surface area contributed by atoms with Gasteiger partial charge < -0.3 is 24.6 Å². The van der Waals surface area contributed by atoms with E-state index in [1.807, 2.05) is 12.3 Å². The van der Waals surface area contributed by atoms with E-state index in [1.165, 1.54) is 0 Å². The molecule has 1 unspecified atom stereocenters. The summed E-state index contributed by atoms with van der Waals surface area (Å²) in [5, 5.41) is 10.4. The van der Waals surface area contributed by atoms with E-state index in [1.54, 1.807) is 12.4 Å². The van der Waals surface area contributed by atoms with Crippen molar-refractivity contribution < 1.29 is 9.84 Å². The van der Waals surface area contributed by atoms with Gasteiger partial charge in [0.2, 0.25) is 5.95 Å². The number of aliphatic hydroxyl groups excluding tert-OH is 1. The zero-order valence-corrected chi connectivity index (χ0v) is 14.2. The number of H-pyrrole nitrogens is 1. The number of piperidine rings is 1. The van der Waals surface area contributed by atoms with E-state index in [-0.39, 0.29) is 5.92 Å². The Kier molecular flexibility index (Phi) is 4.80. The fourth-order valence-corrected chi connectivity index (χ4v) is 3.54. The number of aromatic amines is 1. The summed E-state index contributed by atoms with van der Waals surface area (Å²) < 4.78 is 5.41. The summed E-state index contributed by atoms with van der Waals surface area (Å²) in [6.45, 7) is 4.91. The Bertz CT molecular complexity index is 666. The second-order valence-corrected chi connectivity index (χ2v) is 6.56. The SMILES string of the molecule is OC(c1ncc[nH]1)C1CCN(c2nccc(N3CCOCC3)n2)CC1. The average Bonchev–Trinajstić information content (AvgIpc) is 3.23. The standard InChI is InChI=1S/C17H24N6O2/c24-15(16-18-5-6-19-16)13-2-7-23(8-3-13)17-20-4-1-14(21-17)22-9-11-25-12-10-22/h1,4-6,13,15,24H,2-3,7-12H2,(H,18,19). The maximum absolute atomic E-state index is 10.4. The lowest BCUT2D eigenvalue weighted by Gasteiger charge is -2.34. The number of imidazole rings is 1. The third-order valence-electron chi connectivity index (χ3n) is 5.03. The Morgan fingerprint density at radius 1 is 1.08 bits per heavy atom. The summed E-state index contributed by atoms with van der Waals surface area (Å²) in [7, 11) is 0. The topological polar surface area (TPSA) is 90.4 Å². The van der Waals surface area contributed by atoms with Crippen LogP contribution in [0, 0.1) is 5.92 Å². The van der Waals surface area contributed by atoms with E-state index in [0.717, 1.165) is 64.0 Å². The highest BCUT2D eigenvalue weighted by molar-refractivity contribution is 5.44. The first-order chi connectivity index (χ1) is 12.3. The predicted molar refractivity (Wildman–Crippen MR) is 93.5 cm³/mol. The number of ether oxygens (including phenoxy) is 1. The zero-order chi connectivity index (χ0) is 17.1. The fourth-order valence-electron chi connectivity index (χ4n) is 3.54. The molecule has 8 heteroatoms. The van der Waals surface area contributed by atoms with Gasteiger partial charge in [0.15, 0.2) is 0 Å². The minimum Gasteiger partial charge on any atom is -0.385 e. The number of hydrogen-bond donors (Lipinski definition) is 2. The number of rotatable bonds is 4. The van der Waals surface area contributed by atoms with Crippen LogP contribution in [0.25, 0.3) is 0 Å². The molecule has 0 radical (unpaired) electrons. The predicted octanol–water partition coefficient (Wildman–Crippen LogP) is 0.986. The maximum atomic E-state index is 10.4. The normalized spacial score (nSPS) is 20.7. The van der Waals surface area contributed by atoms with Gasteiger partial charge in [-0.15, -0.1) is 0 Å². The number of aromatic nitrogens is 4. The Balaban J connectivity index is 1.39. The van der Waals surface area contributed by atoms with Gasteiger partial charge in [-0.05, 0) is 24.8 Å². The molecule has 0 amide bonds. The first-order valence-corrected chi connectivity index (χ1v) is 8.89. The van der Waals surface area contributed by atoms with Gasteiger partial charge in [0.1, 0.15) is 17.7 Å². The number of nitrogens with one attached hydrogen (secondary N) is 1. The number of morpholine rings is 1. The molecule has 8 nitrogen and oxygen atoms in total. The minimum atomic E-state index is -0.530. The van der Waals surface area contributed by atoms with Crippen LogP contribution in [0.3, 0.4) is 0 Å². The van der Waals surface area contributed by atoms with Crippen molar-refractivity contribution in [2.24, 2.45) is 5.92 Å². The zero-order valence-electron chi connectivity index (χ0n) is 14.2. The Hall–Kier alpha value is -2.19. The Labute approximate surface area is 146 Å². The molecule has 25 heavy (non-hydrogen) atoms. The molecule has 0 aliphatic carbocycles. The maximum Gasteiger partial charge on any atom is 0.227 e. The third-order valence-corrected chi connectivity index (χ3v) is 5.03. The largest absolute Gasteiger partial charge is 0.385 e. The lowest BCUT2D eigenvalue weighted by molar-refractivity contribution is 0.0855. The number of anilines is 2. The van der Waals surface area contributed by atoms with Crippen LogP contribution in [0.2, 0.25) is 0 Å². The summed E-state index contributed by atoms with van der Waals surface area (Å²) in [6.07, 6.45) is 6.52. The molecule has 0 aromatic carbocycles. The molecule has 1 atom stereocenters. The van der Waals surface area contributed by atoms with Gasteiger partial charge in [0, 0.05) is 44.8 Å². The smallest absolute Gasteiger partial charge is 0.227 e. The Morgan fingerprint density at radius 2 is 1.88 bits per heavy atom. The molecule has 0 saturated carbocycles. The van der Waals surface area contributed by atoms with Crippen LogP contribution in [0.1, 0.15) is 24.8 Å². The van der Waals surface area contributed by atoms with Crippen molar-refractivity contribution in [1.82, 2.24) is 19.9 Å². The highest BCUT2D eigenvalue weighted by Crippen LogP contribution is 2.30. The molecule has 2 aliphatic rings. The molecule has 4 heterocycles. The molecule has 2 aromatic heterocycles. The summed E-state index contributed by atoms with van der Waals surface area (Å²) in [6, 6.07) is 1.96. The molecule has 2 aliphatic heterocycles. The van der Waals surface area contributed by atoms with Crippen molar-refractivity contribution in [3.8, 4) is 0 Å². The van der Waals surface area contributed by atoms with Crippen LogP contribution >= 0.6 is 0 Å². The van der Waals surface area contributed by atoms with Crippen LogP contribution in [-0.2, 0) is 4.74 Å². The molecule has 0 spiro atoms. The molecule has 2 fully saturated rings. The van der Waals surface area contributed by atoms with Crippen LogP contribution in [0.4, 0.5) is 11.8 Å². The van der Waals surface area contributed by atoms with Crippen molar-refractivity contribution >= 4 is 11.8 Å². The van der Waals surface area contributed by atoms with Gasteiger partial charge in [0.25, 0.3) is 0 Å². The molecule has 4 rings (SSSR count). The fraction of sp³-hybridized carbons (Fsp3) is 0.588. The van der Waals surface area contributed by atoms with Gasteiger partial charge in [-0.3, -0.25) is 0 Å². The van der Waals surface area contributed by atoms with Gasteiger partial charge in [-0.1, -0.05) is 0 Å². The quantitative estimate of drug-likeness (QED) is 0.854. The van der Waals surface area contributed by atoms with E-state index >= 15 is 0 Å². The summed E-state index contributed by atoms with van der Waals surface area (Å²) in [5.74, 6) is 2.61. The highest BCUT2D eigenvalue weighted by atomic mass is 16.5. The van der Waals surface area contributed by atoms with Crippen molar-refractivity contribution in [1.29, 1.82) is 0 Å². The first-order valence-electron chi connectivity index (χ1n) is 8.89. The van der Waals surface area contributed by atoms with E-state index in [2.05, 4.69) is 24.8 Å². The molecular formula is C17H24N6O2. The monoisotopic (exact) mass is 344 g/mol. The van der Waals surface area contributed by atoms with E-state index in [0.29, 0.717) is 5.82 Å². The van der Waals surface area contributed by atoms with Gasteiger partial charge in [-0.25, -0.2) is 9.97 Å². The van der Waals surface area contributed by atoms with Crippen LogP contribution in [0.15, 0.2) is 24.7 Å². The van der Waals surface area contributed by atoms with E-state index < -0.39 is 6.10 Å². The first kappa shape index (κ1) is 16.3. The summed E-state index contributed by atoms with van der Waals surface area (Å²) in [5.41, 5.74) is 0. The highest BCUT2D eigenvalue weighted by Gasteiger charge is 2.28. The third kappa shape index (κ3) is 3.59. The molecule has 0 bridgehead atoms. The van der Waals surface area contributed by atoms with Crippen LogP contribution in [0.5, 0.6) is 0 Å². The Morgan fingerprint density at radius 3 is 2.60 bits per heavy atom.